The predicted octanol–water partition coefficient (Wildman–Crippen LogP) is 3.68. The van der Waals surface area contributed by atoms with Gasteiger partial charge in [0.25, 0.3) is 0 Å². The number of methoxy groups -OCH3 is 1. The number of alkyl carbamates (subject to hydrolysis) is 1. The average Bonchev–Trinajstić information content (AvgIpc) is 2.54. The topological polar surface area (TPSA) is 76.7 Å². The first-order chi connectivity index (χ1) is 12.4. The summed E-state index contributed by atoms with van der Waals surface area (Å²) in [4.78, 5) is 24.3. The molecule has 2 amide bonds. The minimum Gasteiger partial charge on any atom is -0.497 e. The van der Waals surface area contributed by atoms with Crippen molar-refractivity contribution in [3.05, 3.63) is 29.8 Å². The maximum Gasteiger partial charge on any atom is 0.407 e. The van der Waals surface area contributed by atoms with Gasteiger partial charge < -0.3 is 20.1 Å². The molecule has 1 aromatic rings. The summed E-state index contributed by atoms with van der Waals surface area (Å²) in [7, 11) is 1.62. The van der Waals surface area contributed by atoms with Crippen LogP contribution in [0.2, 0.25) is 0 Å². The van der Waals surface area contributed by atoms with E-state index in [-0.39, 0.29) is 17.4 Å². The highest BCUT2D eigenvalue weighted by atomic mass is 16.6. The van der Waals surface area contributed by atoms with Gasteiger partial charge in [0.15, 0.2) is 0 Å². The molecule has 1 rings (SSSR count). The lowest BCUT2D eigenvalue weighted by Crippen LogP contribution is -2.51. The van der Waals surface area contributed by atoms with E-state index >= 15 is 0 Å². The zero-order chi connectivity index (χ0) is 20.7. The number of rotatable bonds is 7. The second-order valence-corrected chi connectivity index (χ2v) is 8.72. The van der Waals surface area contributed by atoms with Crippen LogP contribution in [0.4, 0.5) is 4.79 Å². The van der Waals surface area contributed by atoms with Gasteiger partial charge in [-0.15, -0.1) is 0 Å². The molecule has 6 nitrogen and oxygen atoms in total. The van der Waals surface area contributed by atoms with E-state index in [4.69, 9.17) is 9.47 Å². The second kappa shape index (κ2) is 9.62. The monoisotopic (exact) mass is 378 g/mol. The molecular formula is C21H34N2O4. The van der Waals surface area contributed by atoms with Gasteiger partial charge in [0.05, 0.1) is 13.2 Å². The Kier molecular flexibility index (Phi) is 8.13. The molecule has 0 aromatic heterocycles. The van der Waals surface area contributed by atoms with Crippen LogP contribution in [-0.4, -0.2) is 37.3 Å². The van der Waals surface area contributed by atoms with E-state index in [0.29, 0.717) is 19.4 Å². The molecule has 0 aliphatic rings. The van der Waals surface area contributed by atoms with Crippen molar-refractivity contribution in [3.63, 3.8) is 0 Å². The van der Waals surface area contributed by atoms with Gasteiger partial charge >= 0.3 is 6.09 Å². The Morgan fingerprint density at radius 2 is 1.78 bits per heavy atom. The zero-order valence-electron chi connectivity index (χ0n) is 17.6. The third-order valence-electron chi connectivity index (χ3n) is 4.00. The number of carbonyl (C=O) groups is 2. The van der Waals surface area contributed by atoms with Gasteiger partial charge in [0.1, 0.15) is 11.4 Å². The van der Waals surface area contributed by atoms with Crippen molar-refractivity contribution in [1.29, 1.82) is 0 Å². The SMILES string of the molecule is COc1cccc(CCC(=O)NC(CNC(=O)OC(C)(C)C)C(C)(C)C)c1. The van der Waals surface area contributed by atoms with Crippen molar-refractivity contribution in [2.45, 2.75) is 66.0 Å². The smallest absolute Gasteiger partial charge is 0.407 e. The maximum atomic E-state index is 12.4. The summed E-state index contributed by atoms with van der Waals surface area (Å²) >= 11 is 0. The van der Waals surface area contributed by atoms with E-state index in [2.05, 4.69) is 10.6 Å². The molecule has 0 aliphatic carbocycles. The number of hydrogen-bond donors (Lipinski definition) is 2. The van der Waals surface area contributed by atoms with E-state index < -0.39 is 11.7 Å². The van der Waals surface area contributed by atoms with E-state index in [9.17, 15) is 9.59 Å². The molecule has 27 heavy (non-hydrogen) atoms. The zero-order valence-corrected chi connectivity index (χ0v) is 17.6. The summed E-state index contributed by atoms with van der Waals surface area (Å²) in [5.41, 5.74) is 0.283. The van der Waals surface area contributed by atoms with Gasteiger partial charge in [-0.2, -0.15) is 0 Å². The number of nitrogens with one attached hydrogen (secondary N) is 2. The first-order valence-electron chi connectivity index (χ1n) is 9.30. The van der Waals surface area contributed by atoms with Crippen LogP contribution in [0.3, 0.4) is 0 Å². The van der Waals surface area contributed by atoms with Crippen molar-refractivity contribution in [3.8, 4) is 5.75 Å². The summed E-state index contributed by atoms with van der Waals surface area (Å²) < 4.78 is 10.5. The summed E-state index contributed by atoms with van der Waals surface area (Å²) in [6.45, 7) is 11.8. The summed E-state index contributed by atoms with van der Waals surface area (Å²) in [5, 5.41) is 5.78. The average molecular weight is 379 g/mol. The highest BCUT2D eigenvalue weighted by molar-refractivity contribution is 5.76. The lowest BCUT2D eigenvalue weighted by Gasteiger charge is -2.32. The van der Waals surface area contributed by atoms with Gasteiger partial charge in [-0.25, -0.2) is 4.79 Å². The molecule has 0 fully saturated rings. The first kappa shape index (κ1) is 22.8. The molecule has 1 atom stereocenters. The Balaban J connectivity index is 2.57. The van der Waals surface area contributed by atoms with Crippen molar-refractivity contribution < 1.29 is 19.1 Å². The molecule has 0 radical (unpaired) electrons. The molecule has 1 aromatic carbocycles. The summed E-state index contributed by atoms with van der Waals surface area (Å²) in [6.07, 6.45) is 0.508. The van der Waals surface area contributed by atoms with Gasteiger partial charge in [0, 0.05) is 13.0 Å². The summed E-state index contributed by atoms with van der Waals surface area (Å²) in [6, 6.07) is 7.48. The number of ether oxygens (including phenoxy) is 2. The standard InChI is InChI=1S/C21H34N2O4/c1-20(2,3)17(14-22-19(25)27-21(4,5)6)23-18(24)12-11-15-9-8-10-16(13-15)26-7/h8-10,13,17H,11-12,14H2,1-7H3,(H,22,25)(H,23,24). The lowest BCUT2D eigenvalue weighted by molar-refractivity contribution is -0.122. The molecule has 0 bridgehead atoms. The molecule has 0 saturated carbocycles. The molecule has 0 spiro atoms. The maximum absolute atomic E-state index is 12.4. The molecule has 1 unspecified atom stereocenters. The van der Waals surface area contributed by atoms with Crippen molar-refractivity contribution in [2.24, 2.45) is 5.41 Å². The number of aryl methyl sites for hydroxylation is 1. The quantitative estimate of drug-likeness (QED) is 0.759. The largest absolute Gasteiger partial charge is 0.497 e. The van der Waals surface area contributed by atoms with Gasteiger partial charge in [-0.3, -0.25) is 4.79 Å². The number of carbonyl (C=O) groups excluding carboxylic acids is 2. The molecule has 0 aliphatic heterocycles. The number of amides is 2. The van der Waals surface area contributed by atoms with Gasteiger partial charge in [0.2, 0.25) is 5.91 Å². The fraction of sp³-hybridized carbons (Fsp3) is 0.619. The Hall–Kier alpha value is -2.24. The molecule has 152 valence electrons. The van der Waals surface area contributed by atoms with Crippen LogP contribution in [-0.2, 0) is 16.0 Å². The van der Waals surface area contributed by atoms with Crippen molar-refractivity contribution in [2.75, 3.05) is 13.7 Å². The fourth-order valence-corrected chi connectivity index (χ4v) is 2.43. The molecule has 2 N–H and O–H groups in total. The van der Waals surface area contributed by atoms with Crippen LogP contribution in [0.5, 0.6) is 5.75 Å². The normalized spacial score (nSPS) is 12.9. The minimum absolute atomic E-state index is 0.0521. The highest BCUT2D eigenvalue weighted by Crippen LogP contribution is 2.19. The van der Waals surface area contributed by atoms with Crippen LogP contribution >= 0.6 is 0 Å². The molecule has 6 heteroatoms. The number of hydrogen-bond acceptors (Lipinski definition) is 4. The van der Waals surface area contributed by atoms with Gasteiger partial charge in [-0.05, 0) is 50.3 Å². The third kappa shape index (κ3) is 9.31. The summed E-state index contributed by atoms with van der Waals surface area (Å²) in [5.74, 6) is 0.728. The third-order valence-corrected chi connectivity index (χ3v) is 4.00. The van der Waals surface area contributed by atoms with Crippen molar-refractivity contribution >= 4 is 12.0 Å². The lowest BCUT2D eigenvalue weighted by atomic mass is 9.86. The Bertz CT molecular complexity index is 630. The van der Waals surface area contributed by atoms with E-state index in [1.165, 1.54) is 0 Å². The van der Waals surface area contributed by atoms with Crippen LogP contribution in [0.25, 0.3) is 0 Å². The van der Waals surface area contributed by atoms with Crippen molar-refractivity contribution in [1.82, 2.24) is 10.6 Å². The van der Waals surface area contributed by atoms with Crippen LogP contribution in [0.1, 0.15) is 53.5 Å². The van der Waals surface area contributed by atoms with Gasteiger partial charge in [-0.1, -0.05) is 32.9 Å². The Morgan fingerprint density at radius 1 is 1.11 bits per heavy atom. The Labute approximate surface area is 163 Å². The highest BCUT2D eigenvalue weighted by Gasteiger charge is 2.27. The van der Waals surface area contributed by atoms with Crippen LogP contribution < -0.4 is 15.4 Å². The van der Waals surface area contributed by atoms with E-state index in [1.54, 1.807) is 7.11 Å². The van der Waals surface area contributed by atoms with E-state index in [1.807, 2.05) is 65.8 Å². The molecule has 0 saturated heterocycles. The molecule has 0 heterocycles. The first-order valence-corrected chi connectivity index (χ1v) is 9.30. The minimum atomic E-state index is -0.554. The predicted molar refractivity (Wildman–Crippen MR) is 107 cm³/mol. The van der Waals surface area contributed by atoms with Crippen LogP contribution in [0, 0.1) is 5.41 Å². The van der Waals surface area contributed by atoms with Crippen LogP contribution in [0.15, 0.2) is 24.3 Å². The van der Waals surface area contributed by atoms with E-state index in [0.717, 1.165) is 11.3 Å². The Morgan fingerprint density at radius 3 is 2.33 bits per heavy atom. The molecular weight excluding hydrogens is 344 g/mol. The second-order valence-electron chi connectivity index (χ2n) is 8.72. The fourth-order valence-electron chi connectivity index (χ4n) is 2.43. The number of benzene rings is 1.